The number of nitrogens with zero attached hydrogens (tertiary/aromatic N) is 1. The molecule has 0 bridgehead atoms. The van der Waals surface area contributed by atoms with Crippen LogP contribution in [0.15, 0.2) is 52.4 Å². The number of aryl methyl sites for hydroxylation is 2. The number of hydrogen-bond acceptors (Lipinski definition) is 4. The van der Waals surface area contributed by atoms with E-state index in [1.165, 1.54) is 0 Å². The Hall–Kier alpha value is -2.60. The van der Waals surface area contributed by atoms with E-state index in [1.807, 2.05) is 58.9 Å². The lowest BCUT2D eigenvalue weighted by atomic mass is 10.1. The Morgan fingerprint density at radius 3 is 2.31 bits per heavy atom. The first-order valence-electron chi connectivity index (χ1n) is 10.0. The first kappa shape index (κ1) is 21.1. The minimum atomic E-state index is -3.70. The van der Waals surface area contributed by atoms with Gasteiger partial charge in [0.1, 0.15) is 5.75 Å². The molecule has 1 heterocycles. The summed E-state index contributed by atoms with van der Waals surface area (Å²) in [5.41, 5.74) is 3.61. The Morgan fingerprint density at radius 2 is 1.69 bits per heavy atom. The molecule has 0 radical (unpaired) electrons. The number of fused-ring (bicyclic) bond motifs is 1. The quantitative estimate of drug-likeness (QED) is 0.578. The number of sulfone groups is 1. The summed E-state index contributed by atoms with van der Waals surface area (Å²) in [5, 5.41) is 0.838. The number of rotatable bonds is 7. The van der Waals surface area contributed by atoms with Crippen LogP contribution in [-0.4, -0.2) is 28.1 Å². The van der Waals surface area contributed by atoms with Gasteiger partial charge in [-0.25, -0.2) is 13.4 Å². The van der Waals surface area contributed by atoms with Crippen LogP contribution in [0.5, 0.6) is 5.75 Å². The Labute approximate surface area is 173 Å². The molecule has 0 aliphatic rings. The van der Waals surface area contributed by atoms with Crippen molar-refractivity contribution in [1.82, 2.24) is 0 Å². The van der Waals surface area contributed by atoms with Gasteiger partial charge in [-0.15, -0.1) is 0 Å². The van der Waals surface area contributed by atoms with Crippen LogP contribution in [0.4, 0.5) is 5.69 Å². The standard InChI is InChI=1S/C23H28N2O3S/c1-6-25(7-2)23-20-14-18(28-8-3)10-12-21(20)24-15-22(23)29(26,27)19-11-9-16(4)17(5)13-19/h9-15H,6-8H2,1-5H3/p+1. The van der Waals surface area contributed by atoms with Crippen molar-refractivity contribution in [3.05, 3.63) is 53.7 Å². The Balaban J connectivity index is 2.33. The average molecular weight is 414 g/mol. The van der Waals surface area contributed by atoms with Crippen molar-refractivity contribution in [3.63, 3.8) is 0 Å². The maximum atomic E-state index is 13.6. The first-order chi connectivity index (χ1) is 13.8. The molecule has 0 saturated carbocycles. The zero-order chi connectivity index (χ0) is 21.2. The molecule has 3 aromatic rings. The highest BCUT2D eigenvalue weighted by Gasteiger charge is 2.29. The molecule has 0 aliphatic carbocycles. The van der Waals surface area contributed by atoms with E-state index in [9.17, 15) is 8.42 Å². The monoisotopic (exact) mass is 413 g/mol. The molecule has 0 amide bonds. The van der Waals surface area contributed by atoms with Crippen LogP contribution in [0.1, 0.15) is 31.9 Å². The lowest BCUT2D eigenvalue weighted by molar-refractivity contribution is -0.347. The number of H-pyrrole nitrogens is 1. The molecular weight excluding hydrogens is 384 g/mol. The van der Waals surface area contributed by atoms with Crippen molar-refractivity contribution >= 4 is 26.4 Å². The fourth-order valence-electron chi connectivity index (χ4n) is 3.52. The van der Waals surface area contributed by atoms with Crippen molar-refractivity contribution < 1.29 is 18.1 Å². The molecule has 0 atom stereocenters. The maximum Gasteiger partial charge on any atom is 0.214 e. The van der Waals surface area contributed by atoms with Gasteiger partial charge in [-0.2, -0.15) is 0 Å². The Morgan fingerprint density at radius 1 is 0.966 bits per heavy atom. The summed E-state index contributed by atoms with van der Waals surface area (Å²) in [7, 11) is -3.70. The van der Waals surface area contributed by atoms with Crippen LogP contribution in [0.25, 0.3) is 10.9 Å². The predicted octanol–water partition coefficient (Wildman–Crippen LogP) is 4.35. The van der Waals surface area contributed by atoms with Crippen LogP contribution in [0.2, 0.25) is 0 Å². The number of aromatic amines is 1. The molecule has 3 rings (SSSR count). The molecule has 6 heteroatoms. The fraction of sp³-hybridized carbons (Fsp3) is 0.348. The molecular formula is C23H29N2O3S+. The fourth-order valence-corrected chi connectivity index (χ4v) is 5.07. The third-order valence-electron chi connectivity index (χ3n) is 5.31. The highest BCUT2D eigenvalue weighted by molar-refractivity contribution is 7.91. The minimum absolute atomic E-state index is 0.283. The van der Waals surface area contributed by atoms with Gasteiger partial charge in [0.15, 0.2) is 11.1 Å². The van der Waals surface area contributed by atoms with Crippen LogP contribution in [0.3, 0.4) is 0 Å². The van der Waals surface area contributed by atoms with Crippen molar-refractivity contribution in [2.75, 3.05) is 24.6 Å². The minimum Gasteiger partial charge on any atom is -0.494 e. The van der Waals surface area contributed by atoms with E-state index in [-0.39, 0.29) is 4.90 Å². The lowest BCUT2D eigenvalue weighted by Gasteiger charge is -2.24. The summed E-state index contributed by atoms with van der Waals surface area (Å²) in [6.07, 6.45) is 1.61. The number of nitrogens with one attached hydrogen (secondary N) is 1. The molecule has 0 fully saturated rings. The summed E-state index contributed by atoms with van der Waals surface area (Å²) in [4.78, 5) is 5.85. The van der Waals surface area contributed by atoms with Gasteiger partial charge in [0.05, 0.1) is 22.6 Å². The van der Waals surface area contributed by atoms with Crippen LogP contribution < -0.4 is 14.6 Å². The molecule has 29 heavy (non-hydrogen) atoms. The second-order valence-corrected chi connectivity index (χ2v) is 8.98. The summed E-state index contributed by atoms with van der Waals surface area (Å²) >= 11 is 0. The first-order valence-corrected chi connectivity index (χ1v) is 11.5. The van der Waals surface area contributed by atoms with Gasteiger partial charge < -0.3 is 9.64 Å². The second kappa shape index (κ2) is 8.41. The van der Waals surface area contributed by atoms with Crippen molar-refractivity contribution in [1.29, 1.82) is 0 Å². The van der Waals surface area contributed by atoms with Gasteiger partial charge in [0, 0.05) is 19.2 Å². The molecule has 5 nitrogen and oxygen atoms in total. The molecule has 1 aromatic heterocycles. The van der Waals surface area contributed by atoms with Gasteiger partial charge in [-0.1, -0.05) is 6.07 Å². The number of aromatic nitrogens is 1. The molecule has 1 N–H and O–H groups in total. The van der Waals surface area contributed by atoms with Gasteiger partial charge in [-0.05, 0) is 70.0 Å². The Bertz CT molecular complexity index is 1140. The number of benzene rings is 2. The molecule has 2 aromatic carbocycles. The number of hydrogen-bond donors (Lipinski definition) is 0. The highest BCUT2D eigenvalue weighted by atomic mass is 32.2. The van der Waals surface area contributed by atoms with Gasteiger partial charge in [-0.3, -0.25) is 0 Å². The SMILES string of the molecule is CCOc1ccc2[nH+]cc(S(=O)(=O)c3ccc(C)c(C)c3)c(N(CC)CC)c2c1. The largest absolute Gasteiger partial charge is 0.494 e. The van der Waals surface area contributed by atoms with Crippen molar-refractivity contribution in [2.45, 2.75) is 44.4 Å². The number of ether oxygens (including phenoxy) is 1. The topological polar surface area (TPSA) is 60.8 Å². The molecule has 154 valence electrons. The summed E-state index contributed by atoms with van der Waals surface area (Å²) in [5.74, 6) is 0.725. The van der Waals surface area contributed by atoms with Crippen molar-refractivity contribution in [3.8, 4) is 5.75 Å². The summed E-state index contributed by atoms with van der Waals surface area (Å²) in [6, 6.07) is 11.0. The Kier molecular flexibility index (Phi) is 6.13. The normalized spacial score (nSPS) is 11.6. The van der Waals surface area contributed by atoms with Crippen LogP contribution in [0, 0.1) is 13.8 Å². The van der Waals surface area contributed by atoms with Gasteiger partial charge in [0.25, 0.3) is 0 Å². The zero-order valence-electron chi connectivity index (χ0n) is 17.7. The second-order valence-electron chi connectivity index (χ2n) is 7.06. The third-order valence-corrected chi connectivity index (χ3v) is 7.07. The molecule has 0 unspecified atom stereocenters. The highest BCUT2D eigenvalue weighted by Crippen LogP contribution is 2.36. The van der Waals surface area contributed by atoms with Gasteiger partial charge in [0.2, 0.25) is 15.4 Å². The van der Waals surface area contributed by atoms with Crippen LogP contribution in [-0.2, 0) is 9.84 Å². The number of anilines is 1. The predicted molar refractivity (Wildman–Crippen MR) is 117 cm³/mol. The van der Waals surface area contributed by atoms with Crippen LogP contribution >= 0.6 is 0 Å². The maximum absolute atomic E-state index is 13.6. The average Bonchev–Trinajstić information content (AvgIpc) is 2.71. The van der Waals surface area contributed by atoms with E-state index < -0.39 is 9.84 Å². The summed E-state index contributed by atoms with van der Waals surface area (Å²) in [6.45, 7) is 11.9. The van der Waals surface area contributed by atoms with E-state index in [0.717, 1.165) is 27.8 Å². The molecule has 0 aliphatic heterocycles. The van der Waals surface area contributed by atoms with Gasteiger partial charge >= 0.3 is 0 Å². The third kappa shape index (κ3) is 3.94. The van der Waals surface area contributed by atoms with E-state index in [2.05, 4.69) is 9.88 Å². The van der Waals surface area contributed by atoms with E-state index in [1.54, 1.807) is 18.3 Å². The zero-order valence-corrected chi connectivity index (χ0v) is 18.6. The van der Waals surface area contributed by atoms with E-state index >= 15 is 0 Å². The smallest absolute Gasteiger partial charge is 0.214 e. The van der Waals surface area contributed by atoms with E-state index in [0.29, 0.717) is 30.3 Å². The van der Waals surface area contributed by atoms with E-state index in [4.69, 9.17) is 4.74 Å². The number of pyridine rings is 1. The van der Waals surface area contributed by atoms with Crippen molar-refractivity contribution in [2.24, 2.45) is 0 Å². The molecule has 0 spiro atoms. The molecule has 0 saturated heterocycles. The summed E-state index contributed by atoms with van der Waals surface area (Å²) < 4.78 is 32.9. The lowest BCUT2D eigenvalue weighted by Crippen LogP contribution is -2.26.